The molecule has 3 aliphatic heterocycles. The van der Waals surface area contributed by atoms with E-state index >= 15 is 0 Å². The molecule has 3 unspecified atom stereocenters. The summed E-state index contributed by atoms with van der Waals surface area (Å²) in [7, 11) is 0. The molecule has 2 bridgehead atoms. The fraction of sp³-hybridized carbons (Fsp3) is 0.222. The third kappa shape index (κ3) is 1.40. The number of carbonyl (C=O) groups is 2. The molecule has 2 fully saturated rings. The van der Waals surface area contributed by atoms with E-state index in [1.54, 1.807) is 0 Å². The molecule has 0 N–H and O–H groups in total. The molecule has 0 aromatic heterocycles. The van der Waals surface area contributed by atoms with Crippen molar-refractivity contribution in [3.8, 4) is 0 Å². The zero-order valence-corrected chi connectivity index (χ0v) is 11.7. The van der Waals surface area contributed by atoms with Crippen molar-refractivity contribution in [2.75, 3.05) is 4.90 Å². The lowest BCUT2D eigenvalue weighted by Gasteiger charge is -2.18. The number of hydrogen-bond acceptors (Lipinski definition) is 3. The largest absolute Gasteiger partial charge is 0.365 e. The van der Waals surface area contributed by atoms with Gasteiger partial charge in [-0.15, -0.1) is 0 Å². The average molecular weight is 291 g/mol. The second-order valence-electron chi connectivity index (χ2n) is 6.05. The van der Waals surface area contributed by atoms with Gasteiger partial charge in [-0.3, -0.25) is 9.59 Å². The highest BCUT2D eigenvalue weighted by atomic mass is 16.5. The molecular formula is C18H13NO3. The number of hydrogen-bond donors (Lipinski definition) is 0. The summed E-state index contributed by atoms with van der Waals surface area (Å²) in [6, 6.07) is 13.6. The maximum Gasteiger partial charge on any atom is 0.240 e. The van der Waals surface area contributed by atoms with E-state index in [4.69, 9.17) is 4.74 Å². The van der Waals surface area contributed by atoms with Gasteiger partial charge < -0.3 is 4.74 Å². The number of carbonyl (C=O) groups excluding carboxylic acids is 2. The van der Waals surface area contributed by atoms with Crippen LogP contribution in [0.2, 0.25) is 0 Å². The summed E-state index contributed by atoms with van der Waals surface area (Å²) in [4.78, 5) is 26.8. The zero-order valence-electron chi connectivity index (χ0n) is 11.7. The smallest absolute Gasteiger partial charge is 0.240 e. The molecule has 2 saturated heterocycles. The summed E-state index contributed by atoms with van der Waals surface area (Å²) in [6.07, 6.45) is 3.33. The number of rotatable bonds is 1. The summed E-state index contributed by atoms with van der Waals surface area (Å²) < 4.78 is 5.66. The maximum absolute atomic E-state index is 12.7. The molecule has 108 valence electrons. The Balaban J connectivity index is 1.60. The Kier molecular flexibility index (Phi) is 2.23. The van der Waals surface area contributed by atoms with Gasteiger partial charge >= 0.3 is 0 Å². The number of ether oxygens (including phenoxy) is 1. The molecule has 0 spiro atoms. The van der Waals surface area contributed by atoms with Crippen molar-refractivity contribution in [3.63, 3.8) is 0 Å². The highest BCUT2D eigenvalue weighted by Crippen LogP contribution is 2.46. The lowest BCUT2D eigenvalue weighted by atomic mass is 9.85. The monoisotopic (exact) mass is 291 g/mol. The quantitative estimate of drug-likeness (QED) is 0.598. The van der Waals surface area contributed by atoms with Gasteiger partial charge in [-0.05, 0) is 22.9 Å². The van der Waals surface area contributed by atoms with Gasteiger partial charge in [-0.1, -0.05) is 42.5 Å². The number of amides is 2. The Morgan fingerprint density at radius 1 is 0.818 bits per heavy atom. The van der Waals surface area contributed by atoms with Crippen LogP contribution in [0.4, 0.5) is 5.69 Å². The van der Waals surface area contributed by atoms with Gasteiger partial charge in [-0.2, -0.15) is 0 Å². The Morgan fingerprint density at radius 2 is 1.45 bits per heavy atom. The van der Waals surface area contributed by atoms with Gasteiger partial charge in [0.2, 0.25) is 11.8 Å². The van der Waals surface area contributed by atoms with E-state index in [0.29, 0.717) is 5.69 Å². The van der Waals surface area contributed by atoms with Gasteiger partial charge in [0.25, 0.3) is 0 Å². The van der Waals surface area contributed by atoms with Crippen molar-refractivity contribution < 1.29 is 14.3 Å². The van der Waals surface area contributed by atoms with Crippen molar-refractivity contribution >= 4 is 28.3 Å². The molecule has 4 heteroatoms. The molecule has 2 aromatic rings. The third-order valence-electron chi connectivity index (χ3n) is 4.90. The lowest BCUT2D eigenvalue weighted by Crippen LogP contribution is -2.34. The van der Waals surface area contributed by atoms with Crippen molar-refractivity contribution in [1.82, 2.24) is 0 Å². The Labute approximate surface area is 127 Å². The molecule has 4 nitrogen and oxygen atoms in total. The molecule has 3 aliphatic rings. The van der Waals surface area contributed by atoms with E-state index in [1.807, 2.05) is 54.6 Å². The Bertz CT molecular complexity index is 826. The van der Waals surface area contributed by atoms with Crippen molar-refractivity contribution in [2.45, 2.75) is 12.2 Å². The first-order valence-electron chi connectivity index (χ1n) is 7.44. The Hall–Kier alpha value is -2.46. The normalized spacial score (nSPS) is 32.3. The number of fused-ring (bicyclic) bond motifs is 6. The number of nitrogens with zero attached hydrogens (tertiary/aromatic N) is 1. The van der Waals surface area contributed by atoms with Crippen molar-refractivity contribution in [2.24, 2.45) is 11.8 Å². The minimum absolute atomic E-state index is 0.137. The summed E-state index contributed by atoms with van der Waals surface area (Å²) in [5, 5.41) is 2.12. The molecule has 5 rings (SSSR count). The highest BCUT2D eigenvalue weighted by molar-refractivity contribution is 6.23. The molecule has 4 atom stereocenters. The summed E-state index contributed by atoms with van der Waals surface area (Å²) in [6.45, 7) is 0. The van der Waals surface area contributed by atoms with Gasteiger partial charge in [0, 0.05) is 0 Å². The average Bonchev–Trinajstić information content (AvgIpc) is 3.21. The molecule has 0 saturated carbocycles. The van der Waals surface area contributed by atoms with Crippen LogP contribution < -0.4 is 4.90 Å². The van der Waals surface area contributed by atoms with E-state index in [9.17, 15) is 9.59 Å². The second-order valence-corrected chi connectivity index (χ2v) is 6.05. The van der Waals surface area contributed by atoms with Crippen LogP contribution >= 0.6 is 0 Å². The Morgan fingerprint density at radius 3 is 2.14 bits per heavy atom. The lowest BCUT2D eigenvalue weighted by molar-refractivity contribution is -0.124. The van der Waals surface area contributed by atoms with Gasteiger partial charge in [0.1, 0.15) is 0 Å². The zero-order chi connectivity index (χ0) is 14.8. The van der Waals surface area contributed by atoms with Crippen LogP contribution in [0.5, 0.6) is 0 Å². The van der Waals surface area contributed by atoms with E-state index in [0.717, 1.165) is 10.8 Å². The highest BCUT2D eigenvalue weighted by Gasteiger charge is 2.60. The summed E-state index contributed by atoms with van der Waals surface area (Å²) in [5.41, 5.74) is 0.655. The molecule has 3 heterocycles. The number of benzene rings is 2. The molecule has 0 radical (unpaired) electrons. The van der Waals surface area contributed by atoms with Crippen LogP contribution in [0, 0.1) is 11.8 Å². The molecule has 0 aliphatic carbocycles. The third-order valence-corrected chi connectivity index (χ3v) is 4.90. The van der Waals surface area contributed by atoms with E-state index < -0.39 is 0 Å². The standard InChI is InChI=1S/C18H13NO3/c20-17-15-13-7-8-14(22-13)16(15)18(21)19(17)12-6-5-10-3-1-2-4-11(10)9-12/h1-9,13-16H/t13?,14?,15-,16?/m1/s1. The first-order chi connectivity index (χ1) is 10.7. The van der Waals surface area contributed by atoms with Crippen LogP contribution in [0.15, 0.2) is 54.6 Å². The first kappa shape index (κ1) is 12.1. The summed E-state index contributed by atoms with van der Waals surface area (Å²) in [5.74, 6) is -0.979. The van der Waals surface area contributed by atoms with Crippen LogP contribution in [0.1, 0.15) is 0 Å². The fourth-order valence-corrected chi connectivity index (χ4v) is 3.87. The van der Waals surface area contributed by atoms with Crippen LogP contribution in [0.25, 0.3) is 10.8 Å². The SMILES string of the molecule is O=C1C2C3C=CC(O3)[C@H]2C(=O)N1c1ccc2ccccc2c1. The maximum atomic E-state index is 12.7. The minimum atomic E-state index is -0.353. The predicted octanol–water partition coefficient (Wildman–Crippen LogP) is 2.28. The fourth-order valence-electron chi connectivity index (χ4n) is 3.87. The van der Waals surface area contributed by atoms with Gasteiger partial charge in [0.05, 0.1) is 29.7 Å². The predicted molar refractivity (Wildman–Crippen MR) is 81.2 cm³/mol. The second kappa shape index (κ2) is 4.05. The number of imide groups is 1. The van der Waals surface area contributed by atoms with Gasteiger partial charge in [-0.25, -0.2) is 4.90 Å². The first-order valence-corrected chi connectivity index (χ1v) is 7.44. The van der Waals surface area contributed by atoms with Crippen LogP contribution in [-0.2, 0) is 14.3 Å². The molecule has 22 heavy (non-hydrogen) atoms. The van der Waals surface area contributed by atoms with Crippen LogP contribution in [0.3, 0.4) is 0 Å². The number of anilines is 1. The van der Waals surface area contributed by atoms with E-state index in [2.05, 4.69) is 0 Å². The van der Waals surface area contributed by atoms with Crippen molar-refractivity contribution in [3.05, 3.63) is 54.6 Å². The van der Waals surface area contributed by atoms with E-state index in [-0.39, 0.29) is 35.9 Å². The van der Waals surface area contributed by atoms with Crippen molar-refractivity contribution in [1.29, 1.82) is 0 Å². The van der Waals surface area contributed by atoms with Gasteiger partial charge in [0.15, 0.2) is 0 Å². The molecular weight excluding hydrogens is 278 g/mol. The van der Waals surface area contributed by atoms with Crippen LogP contribution in [-0.4, -0.2) is 24.0 Å². The molecule has 2 aromatic carbocycles. The topological polar surface area (TPSA) is 46.6 Å². The summed E-state index contributed by atoms with van der Waals surface area (Å²) >= 11 is 0. The van der Waals surface area contributed by atoms with E-state index in [1.165, 1.54) is 4.90 Å². The minimum Gasteiger partial charge on any atom is -0.365 e. The molecule has 2 amide bonds.